The third-order valence-corrected chi connectivity index (χ3v) is 6.39. The van der Waals surface area contributed by atoms with Crippen LogP contribution in [0.4, 0.5) is 11.4 Å². The summed E-state index contributed by atoms with van der Waals surface area (Å²) in [5, 5.41) is 10.5. The Morgan fingerprint density at radius 3 is 2.51 bits per heavy atom. The highest BCUT2D eigenvalue weighted by Crippen LogP contribution is 2.37. The van der Waals surface area contributed by atoms with Crippen LogP contribution in [-0.4, -0.2) is 54.7 Å². The molecule has 0 unspecified atom stereocenters. The fraction of sp³-hybridized carbons (Fsp3) is 0.276. The second kappa shape index (κ2) is 10.4. The maximum atomic E-state index is 13.1. The Hall–Kier alpha value is -4.17. The van der Waals surface area contributed by atoms with Gasteiger partial charge in [-0.3, -0.25) is 4.79 Å². The Labute approximate surface area is 216 Å². The average molecular weight is 498 g/mol. The molecule has 2 heterocycles. The summed E-state index contributed by atoms with van der Waals surface area (Å²) >= 11 is 0. The number of rotatable bonds is 8. The van der Waals surface area contributed by atoms with E-state index < -0.39 is 0 Å². The molecule has 8 nitrogen and oxygen atoms in total. The summed E-state index contributed by atoms with van der Waals surface area (Å²) in [6, 6.07) is 17.7. The highest BCUT2D eigenvalue weighted by Gasteiger charge is 2.19. The number of fused-ring (bicyclic) bond motifs is 1. The van der Waals surface area contributed by atoms with E-state index in [1.54, 1.807) is 6.92 Å². The van der Waals surface area contributed by atoms with E-state index in [0.29, 0.717) is 23.9 Å². The number of nitrogens with zero attached hydrogens (tertiary/aromatic N) is 3. The Balaban J connectivity index is 1.30. The zero-order valence-corrected chi connectivity index (χ0v) is 21.6. The van der Waals surface area contributed by atoms with Crippen LogP contribution in [0.1, 0.15) is 27.4 Å². The largest absolute Gasteiger partial charge is 0.491 e. The van der Waals surface area contributed by atoms with Crippen LogP contribution < -0.4 is 15.4 Å². The zero-order chi connectivity index (χ0) is 25.9. The van der Waals surface area contributed by atoms with E-state index in [1.807, 2.05) is 75.6 Å². The van der Waals surface area contributed by atoms with E-state index in [1.165, 1.54) is 0 Å². The van der Waals surface area contributed by atoms with Crippen LogP contribution in [0.25, 0.3) is 22.5 Å². The van der Waals surface area contributed by atoms with E-state index in [4.69, 9.17) is 9.26 Å². The summed E-state index contributed by atoms with van der Waals surface area (Å²) in [6.45, 7) is 6.17. The Morgan fingerprint density at radius 1 is 1.03 bits per heavy atom. The molecule has 1 amide bonds. The predicted molar refractivity (Wildman–Crippen MR) is 145 cm³/mol. The molecule has 3 aromatic carbocycles. The van der Waals surface area contributed by atoms with Crippen molar-refractivity contribution in [2.45, 2.75) is 20.3 Å². The first kappa shape index (κ1) is 24.5. The van der Waals surface area contributed by atoms with Gasteiger partial charge in [-0.1, -0.05) is 29.4 Å². The quantitative estimate of drug-likeness (QED) is 0.346. The van der Waals surface area contributed by atoms with Crippen molar-refractivity contribution in [3.63, 3.8) is 0 Å². The SMILES string of the molecule is Cc1nc(-c2ccc(-c3ccc(C(=O)Nc4cc5c(c(NCCN(C)C)c4)OCC5)cc3)c(C)c2)no1. The number of anilines is 2. The molecule has 0 bridgehead atoms. The number of amides is 1. The van der Waals surface area contributed by atoms with Crippen molar-refractivity contribution >= 4 is 17.3 Å². The molecule has 1 aliphatic heterocycles. The molecular weight excluding hydrogens is 466 g/mol. The first-order chi connectivity index (χ1) is 17.9. The number of carbonyl (C=O) groups excluding carboxylic acids is 1. The van der Waals surface area contributed by atoms with Gasteiger partial charge in [-0.25, -0.2) is 0 Å². The number of hydrogen-bond acceptors (Lipinski definition) is 7. The summed E-state index contributed by atoms with van der Waals surface area (Å²) in [4.78, 5) is 19.5. The topological polar surface area (TPSA) is 92.5 Å². The van der Waals surface area contributed by atoms with Crippen molar-refractivity contribution in [3.8, 4) is 28.3 Å². The van der Waals surface area contributed by atoms with E-state index in [-0.39, 0.29) is 5.91 Å². The standard InChI is InChI=1S/C29H31N5O3/c1-18-15-23(28-31-19(2)37-33-28)9-10-25(18)20-5-7-21(8-6-20)29(35)32-24-16-22-11-14-36-27(22)26(17-24)30-12-13-34(3)4/h5-10,15-17,30H,11-14H2,1-4H3,(H,32,35). The lowest BCUT2D eigenvalue weighted by atomic mass is 9.97. The molecule has 37 heavy (non-hydrogen) atoms. The van der Waals surface area contributed by atoms with E-state index >= 15 is 0 Å². The molecule has 0 aliphatic carbocycles. The van der Waals surface area contributed by atoms with Crippen molar-refractivity contribution in [2.24, 2.45) is 0 Å². The van der Waals surface area contributed by atoms with Gasteiger partial charge in [0.15, 0.2) is 0 Å². The molecule has 4 aromatic rings. The van der Waals surface area contributed by atoms with Gasteiger partial charge in [-0.05, 0) is 68.0 Å². The minimum atomic E-state index is -0.149. The van der Waals surface area contributed by atoms with E-state index in [0.717, 1.165) is 64.5 Å². The molecule has 0 saturated carbocycles. The molecule has 190 valence electrons. The van der Waals surface area contributed by atoms with Gasteiger partial charge >= 0.3 is 0 Å². The number of aryl methyl sites for hydroxylation is 2. The van der Waals surface area contributed by atoms with Crippen LogP contribution >= 0.6 is 0 Å². The third kappa shape index (κ3) is 5.49. The maximum Gasteiger partial charge on any atom is 0.255 e. The zero-order valence-electron chi connectivity index (χ0n) is 21.6. The lowest BCUT2D eigenvalue weighted by Crippen LogP contribution is -2.21. The summed E-state index contributed by atoms with van der Waals surface area (Å²) in [5.41, 5.74) is 7.49. The van der Waals surface area contributed by atoms with Crippen molar-refractivity contribution in [3.05, 3.63) is 77.2 Å². The molecule has 5 rings (SSSR count). The average Bonchev–Trinajstić information content (AvgIpc) is 3.53. The lowest BCUT2D eigenvalue weighted by Gasteiger charge is -2.16. The smallest absolute Gasteiger partial charge is 0.255 e. The number of likely N-dealkylation sites (N-methyl/N-ethyl adjacent to an activating group) is 1. The van der Waals surface area contributed by atoms with Gasteiger partial charge in [0.25, 0.3) is 5.91 Å². The molecule has 0 atom stereocenters. The van der Waals surface area contributed by atoms with Crippen molar-refractivity contribution < 1.29 is 14.1 Å². The van der Waals surface area contributed by atoms with Crippen LogP contribution in [0, 0.1) is 13.8 Å². The normalized spacial score (nSPS) is 12.4. The van der Waals surface area contributed by atoms with Gasteiger partial charge in [-0.2, -0.15) is 4.98 Å². The lowest BCUT2D eigenvalue weighted by molar-refractivity contribution is 0.102. The summed E-state index contributed by atoms with van der Waals surface area (Å²) in [7, 11) is 4.08. The van der Waals surface area contributed by atoms with Crippen molar-refractivity contribution in [1.29, 1.82) is 0 Å². The minimum Gasteiger partial charge on any atom is -0.491 e. The first-order valence-electron chi connectivity index (χ1n) is 12.4. The summed E-state index contributed by atoms with van der Waals surface area (Å²) in [6.07, 6.45) is 0.834. The number of carbonyl (C=O) groups is 1. The molecule has 2 N–H and O–H groups in total. The molecule has 8 heteroatoms. The van der Waals surface area contributed by atoms with Gasteiger partial charge in [0, 0.05) is 48.8 Å². The predicted octanol–water partition coefficient (Wildman–Crippen LogP) is 5.18. The highest BCUT2D eigenvalue weighted by molar-refractivity contribution is 6.05. The molecular formula is C29H31N5O3. The van der Waals surface area contributed by atoms with Crippen molar-refractivity contribution in [1.82, 2.24) is 15.0 Å². The maximum absolute atomic E-state index is 13.1. The van der Waals surface area contributed by atoms with Crippen LogP contribution in [0.15, 0.2) is 59.1 Å². The Bertz CT molecular complexity index is 1430. The Morgan fingerprint density at radius 2 is 1.81 bits per heavy atom. The van der Waals surface area contributed by atoms with Crippen LogP contribution in [0.5, 0.6) is 5.75 Å². The van der Waals surface area contributed by atoms with E-state index in [2.05, 4.69) is 25.7 Å². The van der Waals surface area contributed by atoms with Gasteiger partial charge in [0.05, 0.1) is 12.3 Å². The Kier molecular flexibility index (Phi) is 6.92. The highest BCUT2D eigenvalue weighted by atomic mass is 16.5. The van der Waals surface area contributed by atoms with Crippen LogP contribution in [0.3, 0.4) is 0 Å². The fourth-order valence-electron chi connectivity index (χ4n) is 4.47. The number of ether oxygens (including phenoxy) is 1. The van der Waals surface area contributed by atoms with Gasteiger partial charge in [-0.15, -0.1) is 0 Å². The van der Waals surface area contributed by atoms with Gasteiger partial charge in [0.1, 0.15) is 5.75 Å². The van der Waals surface area contributed by atoms with Gasteiger partial charge < -0.3 is 24.8 Å². The molecule has 0 spiro atoms. The second-order valence-electron chi connectivity index (χ2n) is 9.54. The van der Waals surface area contributed by atoms with E-state index in [9.17, 15) is 4.79 Å². The molecule has 0 radical (unpaired) electrons. The summed E-state index contributed by atoms with van der Waals surface area (Å²) in [5.74, 6) is 1.85. The van der Waals surface area contributed by atoms with Gasteiger partial charge in [0.2, 0.25) is 11.7 Å². The number of aromatic nitrogens is 2. The molecule has 0 saturated heterocycles. The second-order valence-corrected chi connectivity index (χ2v) is 9.54. The van der Waals surface area contributed by atoms with Crippen LogP contribution in [0.2, 0.25) is 0 Å². The first-order valence-corrected chi connectivity index (χ1v) is 12.4. The molecule has 1 aromatic heterocycles. The minimum absolute atomic E-state index is 0.149. The number of hydrogen-bond donors (Lipinski definition) is 2. The molecule has 0 fully saturated rings. The summed E-state index contributed by atoms with van der Waals surface area (Å²) < 4.78 is 10.9. The third-order valence-electron chi connectivity index (χ3n) is 6.39. The number of nitrogens with one attached hydrogen (secondary N) is 2. The fourth-order valence-corrected chi connectivity index (χ4v) is 4.47. The molecule has 1 aliphatic rings. The van der Waals surface area contributed by atoms with Crippen LogP contribution in [-0.2, 0) is 6.42 Å². The number of benzene rings is 3. The van der Waals surface area contributed by atoms with Crippen molar-refractivity contribution in [2.75, 3.05) is 44.4 Å². The monoisotopic (exact) mass is 497 g/mol.